The number of nitrogens with one attached hydrogen (secondary N) is 1. The summed E-state index contributed by atoms with van der Waals surface area (Å²) in [7, 11) is -3.82. The summed E-state index contributed by atoms with van der Waals surface area (Å²) in [6.45, 7) is 1.10. The maximum Gasteiger partial charge on any atom is 0.261 e. The lowest BCUT2D eigenvalue weighted by Gasteiger charge is -2.30. The predicted molar refractivity (Wildman–Crippen MR) is 109 cm³/mol. The number of likely N-dealkylation sites (tertiary alicyclic amines) is 1. The van der Waals surface area contributed by atoms with Crippen LogP contribution in [-0.4, -0.2) is 38.4 Å². The fourth-order valence-electron chi connectivity index (χ4n) is 2.86. The van der Waals surface area contributed by atoms with Gasteiger partial charge in [0.05, 0.1) is 16.1 Å². The number of hydrogen-bond donors (Lipinski definition) is 2. The Morgan fingerprint density at radius 2 is 1.74 bits per heavy atom. The van der Waals surface area contributed by atoms with Crippen LogP contribution in [0.3, 0.4) is 0 Å². The summed E-state index contributed by atoms with van der Waals surface area (Å²) in [5, 5.41) is 0.341. The summed E-state index contributed by atoms with van der Waals surface area (Å²) in [4.78, 5) is 14.7. The van der Waals surface area contributed by atoms with E-state index in [1.165, 1.54) is 18.2 Å². The molecule has 0 unspecified atom stereocenters. The molecule has 0 radical (unpaired) electrons. The number of benzene rings is 2. The van der Waals surface area contributed by atoms with Crippen molar-refractivity contribution in [2.75, 3.05) is 17.8 Å². The first kappa shape index (κ1) is 21.5. The lowest BCUT2D eigenvalue weighted by molar-refractivity contribution is 0.0716. The van der Waals surface area contributed by atoms with Crippen molar-refractivity contribution in [2.45, 2.75) is 23.8 Å². The van der Waals surface area contributed by atoms with Crippen LogP contribution in [0.1, 0.15) is 23.2 Å². The molecular weight excluding hydrogens is 409 g/mol. The van der Waals surface area contributed by atoms with E-state index in [1.807, 2.05) is 0 Å². The Kier molecular flexibility index (Phi) is 7.11. The van der Waals surface area contributed by atoms with Gasteiger partial charge in [0.2, 0.25) is 0 Å². The molecule has 2 aromatic carbocycles. The molecule has 1 saturated heterocycles. The summed E-state index contributed by atoms with van der Waals surface area (Å²) in [5.74, 6) is -0.237. The highest BCUT2D eigenvalue weighted by Gasteiger charge is 2.25. The predicted octanol–water partition coefficient (Wildman–Crippen LogP) is 3.13. The van der Waals surface area contributed by atoms with Crippen LogP contribution >= 0.6 is 24.0 Å². The molecule has 1 amide bonds. The van der Waals surface area contributed by atoms with E-state index in [9.17, 15) is 13.2 Å². The number of sulfonamides is 1. The Hall–Kier alpha value is -1.80. The largest absolute Gasteiger partial charge is 0.338 e. The van der Waals surface area contributed by atoms with Gasteiger partial charge in [-0.2, -0.15) is 0 Å². The normalized spacial score (nSPS) is 15.1. The minimum absolute atomic E-state index is 0. The second kappa shape index (κ2) is 8.93. The SMILES string of the molecule is Cl.NC1CCN(C(=O)c2ccc(Cl)cc2NS(=O)(=O)c2ccccc2)CC1. The Morgan fingerprint density at radius 1 is 1.11 bits per heavy atom. The molecule has 3 N–H and O–H groups in total. The van der Waals surface area contributed by atoms with Gasteiger partial charge in [0, 0.05) is 24.2 Å². The molecule has 1 fully saturated rings. The summed E-state index contributed by atoms with van der Waals surface area (Å²) in [6.07, 6.45) is 1.45. The van der Waals surface area contributed by atoms with E-state index in [1.54, 1.807) is 35.2 Å². The number of nitrogens with zero attached hydrogens (tertiary/aromatic N) is 1. The van der Waals surface area contributed by atoms with Gasteiger partial charge in [0.25, 0.3) is 15.9 Å². The number of carbonyl (C=O) groups excluding carboxylic acids is 1. The minimum atomic E-state index is -3.82. The van der Waals surface area contributed by atoms with Crippen molar-refractivity contribution >= 4 is 45.6 Å². The maximum atomic E-state index is 12.9. The van der Waals surface area contributed by atoms with Crippen molar-refractivity contribution in [3.05, 3.63) is 59.1 Å². The molecule has 0 spiro atoms. The fraction of sp³-hybridized carbons (Fsp3) is 0.278. The highest BCUT2D eigenvalue weighted by molar-refractivity contribution is 7.92. The van der Waals surface area contributed by atoms with E-state index < -0.39 is 10.0 Å². The van der Waals surface area contributed by atoms with Gasteiger partial charge in [-0.3, -0.25) is 9.52 Å². The molecule has 146 valence electrons. The number of amides is 1. The molecule has 6 nitrogen and oxygen atoms in total. The molecule has 1 aliphatic rings. The van der Waals surface area contributed by atoms with E-state index >= 15 is 0 Å². The topological polar surface area (TPSA) is 92.5 Å². The van der Waals surface area contributed by atoms with Crippen LogP contribution in [0.25, 0.3) is 0 Å². The van der Waals surface area contributed by atoms with Crippen LogP contribution in [0, 0.1) is 0 Å². The van der Waals surface area contributed by atoms with Crippen molar-refractivity contribution in [2.24, 2.45) is 5.73 Å². The molecule has 0 aromatic heterocycles. The fourth-order valence-corrected chi connectivity index (χ4v) is 4.13. The second-order valence-electron chi connectivity index (χ2n) is 6.24. The number of hydrogen-bond acceptors (Lipinski definition) is 4. The van der Waals surface area contributed by atoms with Gasteiger partial charge in [-0.05, 0) is 43.2 Å². The quantitative estimate of drug-likeness (QED) is 0.780. The van der Waals surface area contributed by atoms with Crippen molar-refractivity contribution in [3.8, 4) is 0 Å². The molecule has 0 atom stereocenters. The van der Waals surface area contributed by atoms with Crippen LogP contribution in [0.2, 0.25) is 5.02 Å². The van der Waals surface area contributed by atoms with Crippen molar-refractivity contribution in [3.63, 3.8) is 0 Å². The molecule has 27 heavy (non-hydrogen) atoms. The van der Waals surface area contributed by atoms with Crippen molar-refractivity contribution < 1.29 is 13.2 Å². The average Bonchev–Trinajstić information content (AvgIpc) is 2.62. The molecule has 1 heterocycles. The molecule has 9 heteroatoms. The zero-order valence-electron chi connectivity index (χ0n) is 14.5. The maximum absolute atomic E-state index is 12.9. The second-order valence-corrected chi connectivity index (χ2v) is 8.36. The van der Waals surface area contributed by atoms with Crippen molar-refractivity contribution in [1.29, 1.82) is 0 Å². The van der Waals surface area contributed by atoms with Gasteiger partial charge in [0.1, 0.15) is 0 Å². The van der Waals surface area contributed by atoms with Crippen LogP contribution in [0.15, 0.2) is 53.4 Å². The lowest BCUT2D eigenvalue weighted by Crippen LogP contribution is -2.43. The lowest BCUT2D eigenvalue weighted by atomic mass is 10.0. The van der Waals surface area contributed by atoms with E-state index in [0.29, 0.717) is 18.1 Å². The summed E-state index contributed by atoms with van der Waals surface area (Å²) < 4.78 is 27.7. The van der Waals surface area contributed by atoms with E-state index in [2.05, 4.69) is 4.72 Å². The standard InChI is InChI=1S/C18H20ClN3O3S.ClH/c19-13-6-7-16(18(23)22-10-8-14(20)9-11-22)17(12-13)21-26(24,25)15-4-2-1-3-5-15;/h1-7,12,14,21H,8-11,20H2;1H. The molecular formula is C18H21Cl2N3O3S. The Bertz CT molecular complexity index is 899. The summed E-state index contributed by atoms with van der Waals surface area (Å²) >= 11 is 6.03. The van der Waals surface area contributed by atoms with E-state index in [4.69, 9.17) is 17.3 Å². The Labute approximate surface area is 170 Å². The Morgan fingerprint density at radius 3 is 2.37 bits per heavy atom. The molecule has 0 aliphatic carbocycles. The van der Waals surface area contributed by atoms with Crippen LogP contribution in [-0.2, 0) is 10.0 Å². The first-order chi connectivity index (χ1) is 12.4. The molecule has 2 aromatic rings. The van der Waals surface area contributed by atoms with Crippen molar-refractivity contribution in [1.82, 2.24) is 4.90 Å². The van der Waals surface area contributed by atoms with Gasteiger partial charge in [-0.1, -0.05) is 29.8 Å². The summed E-state index contributed by atoms with van der Waals surface area (Å²) in [5.41, 5.74) is 6.32. The van der Waals surface area contributed by atoms with Gasteiger partial charge >= 0.3 is 0 Å². The van der Waals surface area contributed by atoms with Gasteiger partial charge in [-0.15, -0.1) is 12.4 Å². The number of carbonyl (C=O) groups is 1. The molecule has 3 rings (SSSR count). The number of nitrogens with two attached hydrogens (primary N) is 1. The monoisotopic (exact) mass is 429 g/mol. The Balaban J connectivity index is 0.00000261. The minimum Gasteiger partial charge on any atom is -0.338 e. The zero-order valence-corrected chi connectivity index (χ0v) is 16.9. The zero-order chi connectivity index (χ0) is 18.7. The highest BCUT2D eigenvalue weighted by atomic mass is 35.5. The first-order valence-corrected chi connectivity index (χ1v) is 10.2. The summed E-state index contributed by atoms with van der Waals surface area (Å²) in [6, 6.07) is 12.6. The number of rotatable bonds is 4. The third-order valence-electron chi connectivity index (χ3n) is 4.34. The number of halogens is 2. The highest BCUT2D eigenvalue weighted by Crippen LogP contribution is 2.26. The van der Waals surface area contributed by atoms with Crippen LogP contribution in [0.4, 0.5) is 5.69 Å². The van der Waals surface area contributed by atoms with Crippen LogP contribution < -0.4 is 10.5 Å². The van der Waals surface area contributed by atoms with Crippen LogP contribution in [0.5, 0.6) is 0 Å². The third-order valence-corrected chi connectivity index (χ3v) is 5.95. The van der Waals surface area contributed by atoms with Gasteiger partial charge in [-0.25, -0.2) is 8.42 Å². The van der Waals surface area contributed by atoms with E-state index in [0.717, 1.165) is 12.8 Å². The molecule has 1 aliphatic heterocycles. The molecule has 0 saturated carbocycles. The third kappa shape index (κ3) is 5.13. The number of anilines is 1. The number of piperidine rings is 1. The molecule has 0 bridgehead atoms. The van der Waals surface area contributed by atoms with Gasteiger partial charge in [0.15, 0.2) is 0 Å². The first-order valence-electron chi connectivity index (χ1n) is 8.29. The van der Waals surface area contributed by atoms with Gasteiger partial charge < -0.3 is 10.6 Å². The van der Waals surface area contributed by atoms with E-state index in [-0.39, 0.29) is 40.5 Å². The average molecular weight is 430 g/mol. The smallest absolute Gasteiger partial charge is 0.261 e.